The number of carbonyl (C=O) groups is 1. The first-order valence-corrected chi connectivity index (χ1v) is 16.5. The number of nitrogens with one attached hydrogen (secondary N) is 1. The summed E-state index contributed by atoms with van der Waals surface area (Å²) in [4.78, 5) is 16.5. The molecule has 216 valence electrons. The van der Waals surface area contributed by atoms with Gasteiger partial charge in [0.05, 0.1) is 28.4 Å². The Hall–Kier alpha value is -3.88. The molecule has 3 unspecified atom stereocenters. The summed E-state index contributed by atoms with van der Waals surface area (Å²) in [7, 11) is -3.66. The summed E-state index contributed by atoms with van der Waals surface area (Å²) >= 11 is 1.75. The van der Waals surface area contributed by atoms with Crippen molar-refractivity contribution in [3.63, 3.8) is 0 Å². The van der Waals surface area contributed by atoms with E-state index in [2.05, 4.69) is 48.6 Å². The molecule has 3 atom stereocenters. The van der Waals surface area contributed by atoms with Crippen molar-refractivity contribution in [2.75, 3.05) is 11.1 Å². The molecule has 0 spiro atoms. The van der Waals surface area contributed by atoms with Crippen LogP contribution in [0.4, 0.5) is 5.69 Å². The highest BCUT2D eigenvalue weighted by atomic mass is 32.2. The number of rotatable bonds is 11. The van der Waals surface area contributed by atoms with E-state index in [1.165, 1.54) is 11.1 Å². The van der Waals surface area contributed by atoms with Crippen molar-refractivity contribution in [1.82, 2.24) is 0 Å². The number of aryl methyl sites for hydroxylation is 2. The summed E-state index contributed by atoms with van der Waals surface area (Å²) in [6.45, 7) is 2.14. The second-order valence-electron chi connectivity index (χ2n) is 10.6. The number of amidine groups is 1. The molecule has 42 heavy (non-hydrogen) atoms. The molecule has 8 heteroatoms. The Bertz CT molecular complexity index is 1640. The number of benzene rings is 4. The summed E-state index contributed by atoms with van der Waals surface area (Å²) in [5.41, 5.74) is 5.19. The van der Waals surface area contributed by atoms with Crippen LogP contribution in [0.15, 0.2) is 119 Å². The van der Waals surface area contributed by atoms with Crippen molar-refractivity contribution in [3.8, 4) is 0 Å². The number of hydrogen-bond acceptors (Lipinski definition) is 6. The van der Waals surface area contributed by atoms with E-state index in [1.54, 1.807) is 48.2 Å². The predicted octanol–water partition coefficient (Wildman–Crippen LogP) is 7.15. The number of hydrogen-bond donors (Lipinski definition) is 2. The van der Waals surface area contributed by atoms with Crippen LogP contribution in [0.25, 0.3) is 0 Å². The molecule has 0 aliphatic carbocycles. The Morgan fingerprint density at radius 3 is 2.24 bits per heavy atom. The molecule has 0 bridgehead atoms. The van der Waals surface area contributed by atoms with E-state index in [4.69, 9.17) is 4.99 Å². The number of nitrogens with zero attached hydrogens (tertiary/aromatic N) is 1. The number of anilines is 1. The fraction of sp³-hybridized carbons (Fsp3) is 0.235. The van der Waals surface area contributed by atoms with Gasteiger partial charge in [-0.25, -0.2) is 8.42 Å². The van der Waals surface area contributed by atoms with E-state index >= 15 is 0 Å². The van der Waals surface area contributed by atoms with Gasteiger partial charge in [-0.1, -0.05) is 96.7 Å². The van der Waals surface area contributed by atoms with E-state index in [-0.39, 0.29) is 23.1 Å². The van der Waals surface area contributed by atoms with Crippen molar-refractivity contribution >= 4 is 38.4 Å². The molecule has 4 aromatic carbocycles. The Morgan fingerprint density at radius 2 is 1.55 bits per heavy atom. The molecule has 4 aromatic rings. The van der Waals surface area contributed by atoms with Gasteiger partial charge in [0.2, 0.25) is 0 Å². The summed E-state index contributed by atoms with van der Waals surface area (Å²) in [6, 6.07) is 34.9. The predicted molar refractivity (Wildman–Crippen MR) is 171 cm³/mol. The van der Waals surface area contributed by atoms with Gasteiger partial charge in [-0.15, -0.1) is 0 Å². The summed E-state index contributed by atoms with van der Waals surface area (Å²) in [5.74, 6) is -1.89. The van der Waals surface area contributed by atoms with E-state index in [1.807, 2.05) is 36.4 Å². The molecule has 0 fully saturated rings. The van der Waals surface area contributed by atoms with Gasteiger partial charge in [-0.2, -0.15) is 0 Å². The summed E-state index contributed by atoms with van der Waals surface area (Å²) in [5, 5.41) is 14.0. The average Bonchev–Trinajstić information content (AvgIpc) is 3.36. The molecular formula is C34H34N2O4S2. The number of carboxylic acid groups (broad SMARTS) is 1. The molecule has 0 amide bonds. The van der Waals surface area contributed by atoms with Crippen LogP contribution >= 0.6 is 11.8 Å². The van der Waals surface area contributed by atoms with Crippen LogP contribution in [-0.2, 0) is 27.5 Å². The van der Waals surface area contributed by atoms with Crippen molar-refractivity contribution in [2.45, 2.75) is 48.3 Å². The first-order chi connectivity index (χ1) is 20.3. The smallest absolute Gasteiger partial charge is 0.303 e. The van der Waals surface area contributed by atoms with Crippen molar-refractivity contribution < 1.29 is 18.3 Å². The maximum absolute atomic E-state index is 13.2. The summed E-state index contributed by atoms with van der Waals surface area (Å²) < 4.78 is 26.4. The third kappa shape index (κ3) is 7.69. The minimum absolute atomic E-state index is 0.191. The average molecular weight is 599 g/mol. The van der Waals surface area contributed by atoms with Crippen molar-refractivity contribution in [1.29, 1.82) is 0 Å². The molecular weight excluding hydrogens is 565 g/mol. The van der Waals surface area contributed by atoms with Crippen molar-refractivity contribution in [3.05, 3.63) is 131 Å². The molecule has 0 aromatic heterocycles. The number of aliphatic imine (C=N–C) groups is 1. The monoisotopic (exact) mass is 598 g/mol. The fourth-order valence-corrected chi connectivity index (χ4v) is 7.98. The van der Waals surface area contributed by atoms with Crippen LogP contribution < -0.4 is 5.32 Å². The SMILES string of the molecule is CC1N=C(Nc2cccc(CCc3ccc(S(=O)(=O)CC(CC(=O)O)c4ccccc4)cc3)c2)SC1c1ccccc1. The molecule has 1 heterocycles. The maximum atomic E-state index is 13.2. The second kappa shape index (κ2) is 13.4. The van der Waals surface area contributed by atoms with Gasteiger partial charge >= 0.3 is 5.97 Å². The first-order valence-electron chi connectivity index (χ1n) is 14.0. The van der Waals surface area contributed by atoms with Crippen molar-refractivity contribution in [2.24, 2.45) is 4.99 Å². The quantitative estimate of drug-likeness (QED) is 0.190. The topological polar surface area (TPSA) is 95.8 Å². The Morgan fingerprint density at radius 1 is 0.881 bits per heavy atom. The van der Waals surface area contributed by atoms with Gasteiger partial charge in [0, 0.05) is 11.6 Å². The zero-order valence-corrected chi connectivity index (χ0v) is 25.0. The normalized spacial score (nSPS) is 17.4. The minimum Gasteiger partial charge on any atom is -0.481 e. The van der Waals surface area contributed by atoms with Crippen LogP contribution in [-0.4, -0.2) is 36.5 Å². The molecule has 1 aliphatic heterocycles. The van der Waals surface area contributed by atoms with E-state index in [0.717, 1.165) is 29.3 Å². The molecule has 6 nitrogen and oxygen atoms in total. The highest BCUT2D eigenvalue weighted by molar-refractivity contribution is 8.14. The Kier molecular flexibility index (Phi) is 9.45. The lowest BCUT2D eigenvalue weighted by Crippen LogP contribution is -2.18. The van der Waals surface area contributed by atoms with Gasteiger partial charge in [-0.3, -0.25) is 9.79 Å². The van der Waals surface area contributed by atoms with E-state index in [9.17, 15) is 18.3 Å². The van der Waals surface area contributed by atoms with Gasteiger partial charge in [0.25, 0.3) is 0 Å². The summed E-state index contributed by atoms with van der Waals surface area (Å²) in [6.07, 6.45) is 1.32. The molecule has 2 N–H and O–H groups in total. The largest absolute Gasteiger partial charge is 0.481 e. The molecule has 1 aliphatic rings. The number of carboxylic acids is 1. The highest BCUT2D eigenvalue weighted by Gasteiger charge is 2.28. The number of sulfone groups is 1. The lowest BCUT2D eigenvalue weighted by Gasteiger charge is -2.16. The first kappa shape index (κ1) is 29.6. The van der Waals surface area contributed by atoms with Gasteiger partial charge in [-0.05, 0) is 66.3 Å². The zero-order chi connectivity index (χ0) is 29.5. The molecule has 0 radical (unpaired) electrons. The highest BCUT2D eigenvalue weighted by Crippen LogP contribution is 2.40. The Labute approximate surface area is 251 Å². The lowest BCUT2D eigenvalue weighted by atomic mass is 9.98. The van der Waals surface area contributed by atoms with Crippen LogP contribution in [0.3, 0.4) is 0 Å². The molecule has 0 saturated carbocycles. The van der Waals surface area contributed by atoms with Gasteiger partial charge in [0.1, 0.15) is 0 Å². The van der Waals surface area contributed by atoms with Gasteiger partial charge in [0.15, 0.2) is 15.0 Å². The molecule has 5 rings (SSSR count). The number of thioether (sulfide) groups is 1. The van der Waals surface area contributed by atoms with Crippen LogP contribution in [0, 0.1) is 0 Å². The van der Waals surface area contributed by atoms with Crippen LogP contribution in [0.1, 0.15) is 46.8 Å². The van der Waals surface area contributed by atoms with Crippen LogP contribution in [0.2, 0.25) is 0 Å². The molecule has 0 saturated heterocycles. The zero-order valence-electron chi connectivity index (χ0n) is 23.4. The van der Waals surface area contributed by atoms with Crippen LogP contribution in [0.5, 0.6) is 0 Å². The van der Waals surface area contributed by atoms with E-state index in [0.29, 0.717) is 10.8 Å². The minimum atomic E-state index is -3.66. The standard InChI is InChI=1S/C34H34N2O4S2/c1-24-33(28-12-6-3-7-13-28)41-34(35-24)36-30-14-8-9-26(21-30)16-15-25-17-19-31(20-18-25)42(39,40)23-29(22-32(37)38)27-10-4-2-5-11-27/h2-14,17-21,24,29,33H,15-16,22-23H2,1H3,(H,35,36)(H,37,38). The lowest BCUT2D eigenvalue weighted by molar-refractivity contribution is -0.137. The fourth-order valence-electron chi connectivity index (χ4n) is 5.20. The van der Waals surface area contributed by atoms with E-state index < -0.39 is 21.7 Å². The van der Waals surface area contributed by atoms with Gasteiger partial charge < -0.3 is 10.4 Å². The third-order valence-electron chi connectivity index (χ3n) is 7.40. The number of aliphatic carboxylic acids is 1. The second-order valence-corrected chi connectivity index (χ2v) is 13.7. The third-order valence-corrected chi connectivity index (χ3v) is 10.6. The Balaban J connectivity index is 1.18. The maximum Gasteiger partial charge on any atom is 0.303 e.